The molecule has 9 nitrogen and oxygen atoms in total. The predicted molar refractivity (Wildman–Crippen MR) is 119 cm³/mol. The summed E-state index contributed by atoms with van der Waals surface area (Å²) in [5.41, 5.74) is 1.24. The van der Waals surface area contributed by atoms with Gasteiger partial charge in [0.1, 0.15) is 5.00 Å². The molecular weight excluding hydrogens is 448 g/mol. The number of hydrogen-bond acceptors (Lipinski definition) is 8. The Balaban J connectivity index is 1.27. The molecule has 2 heterocycles. The van der Waals surface area contributed by atoms with Crippen molar-refractivity contribution < 1.29 is 33.4 Å². The van der Waals surface area contributed by atoms with Gasteiger partial charge in [0.05, 0.1) is 30.4 Å². The van der Waals surface area contributed by atoms with E-state index < -0.39 is 24.5 Å². The van der Waals surface area contributed by atoms with Gasteiger partial charge in [-0.25, -0.2) is 4.79 Å². The zero-order valence-electron chi connectivity index (χ0n) is 18.3. The third kappa shape index (κ3) is 5.00. The summed E-state index contributed by atoms with van der Waals surface area (Å²) in [5, 5.41) is 4.86. The maximum absolute atomic E-state index is 12.4. The fraction of sp³-hybridized carbons (Fsp3) is 0.522. The fourth-order valence-electron chi connectivity index (χ4n) is 4.25. The highest BCUT2D eigenvalue weighted by molar-refractivity contribution is 7.15. The number of allylic oxidation sites excluding steroid dienone is 2. The molecule has 0 spiro atoms. The van der Waals surface area contributed by atoms with Crippen molar-refractivity contribution in [3.05, 3.63) is 28.7 Å². The first-order chi connectivity index (χ1) is 15.9. The van der Waals surface area contributed by atoms with Gasteiger partial charge in [-0.3, -0.25) is 24.1 Å². The lowest BCUT2D eigenvalue weighted by Crippen LogP contribution is -2.33. The Morgan fingerprint density at radius 3 is 2.36 bits per heavy atom. The molecule has 1 saturated heterocycles. The van der Waals surface area contributed by atoms with Gasteiger partial charge in [0.25, 0.3) is 5.91 Å². The molecule has 1 aromatic rings. The van der Waals surface area contributed by atoms with Gasteiger partial charge >= 0.3 is 11.9 Å². The molecule has 3 amide bonds. The van der Waals surface area contributed by atoms with Crippen molar-refractivity contribution in [3.63, 3.8) is 0 Å². The van der Waals surface area contributed by atoms with E-state index in [-0.39, 0.29) is 43.2 Å². The average Bonchev–Trinajstić information content (AvgIpc) is 3.52. The molecule has 2 atom stereocenters. The fourth-order valence-corrected chi connectivity index (χ4v) is 5.29. The molecule has 0 unspecified atom stereocenters. The monoisotopic (exact) mass is 474 g/mol. The number of imide groups is 1. The molecule has 4 rings (SSSR count). The maximum atomic E-state index is 12.4. The van der Waals surface area contributed by atoms with Crippen LogP contribution in [0.25, 0.3) is 0 Å². The molecule has 1 N–H and O–H groups in total. The van der Waals surface area contributed by atoms with Crippen molar-refractivity contribution in [1.82, 2.24) is 4.90 Å². The van der Waals surface area contributed by atoms with Crippen LogP contribution >= 0.6 is 11.3 Å². The number of amides is 3. The number of nitrogens with one attached hydrogen (secondary N) is 1. The summed E-state index contributed by atoms with van der Waals surface area (Å²) in [7, 11) is 0. The molecule has 33 heavy (non-hydrogen) atoms. The van der Waals surface area contributed by atoms with E-state index in [9.17, 15) is 24.0 Å². The van der Waals surface area contributed by atoms with Crippen LogP contribution < -0.4 is 5.32 Å². The van der Waals surface area contributed by atoms with Crippen molar-refractivity contribution >= 4 is 46.0 Å². The van der Waals surface area contributed by atoms with Gasteiger partial charge in [-0.05, 0) is 49.5 Å². The van der Waals surface area contributed by atoms with Crippen molar-refractivity contribution in [2.24, 2.45) is 11.8 Å². The largest absolute Gasteiger partial charge is 0.462 e. The third-order valence-corrected chi connectivity index (χ3v) is 6.99. The summed E-state index contributed by atoms with van der Waals surface area (Å²) in [5.74, 6) is -2.64. The summed E-state index contributed by atoms with van der Waals surface area (Å²) in [6.45, 7) is 1.35. The summed E-state index contributed by atoms with van der Waals surface area (Å²) < 4.78 is 10.1. The highest BCUT2D eigenvalue weighted by atomic mass is 32.1. The van der Waals surface area contributed by atoms with Gasteiger partial charge in [0, 0.05) is 6.54 Å². The summed E-state index contributed by atoms with van der Waals surface area (Å²) in [4.78, 5) is 62.8. The lowest BCUT2D eigenvalue weighted by Gasteiger charge is -2.14. The van der Waals surface area contributed by atoms with Crippen LogP contribution in [0.2, 0.25) is 0 Å². The van der Waals surface area contributed by atoms with E-state index in [4.69, 9.17) is 9.47 Å². The van der Waals surface area contributed by atoms with E-state index in [0.717, 1.165) is 23.3 Å². The Kier molecular flexibility index (Phi) is 6.92. The second-order valence-corrected chi connectivity index (χ2v) is 9.21. The zero-order valence-corrected chi connectivity index (χ0v) is 19.2. The summed E-state index contributed by atoms with van der Waals surface area (Å²) >= 11 is 1.24. The van der Waals surface area contributed by atoms with Gasteiger partial charge in [0.2, 0.25) is 11.8 Å². The maximum Gasteiger partial charge on any atom is 0.341 e. The van der Waals surface area contributed by atoms with Crippen LogP contribution in [0.4, 0.5) is 5.00 Å². The predicted octanol–water partition coefficient (Wildman–Crippen LogP) is 2.63. The minimum atomic E-state index is -0.686. The molecule has 2 aliphatic carbocycles. The van der Waals surface area contributed by atoms with Crippen molar-refractivity contribution in [2.75, 3.05) is 25.1 Å². The Morgan fingerprint density at radius 1 is 1.09 bits per heavy atom. The van der Waals surface area contributed by atoms with Crippen LogP contribution in [0.15, 0.2) is 17.5 Å². The smallest absolute Gasteiger partial charge is 0.341 e. The van der Waals surface area contributed by atoms with Gasteiger partial charge in [-0.2, -0.15) is 0 Å². The van der Waals surface area contributed by atoms with Crippen molar-refractivity contribution in [3.8, 4) is 0 Å². The number of anilines is 1. The van der Waals surface area contributed by atoms with E-state index in [1.54, 1.807) is 6.92 Å². The quantitative estimate of drug-likeness (QED) is 0.332. The molecule has 1 aromatic heterocycles. The number of hydrogen-bond donors (Lipinski definition) is 1. The van der Waals surface area contributed by atoms with Crippen LogP contribution in [0, 0.1) is 11.8 Å². The van der Waals surface area contributed by atoms with Gasteiger partial charge in [0.15, 0.2) is 6.61 Å². The third-order valence-electron chi connectivity index (χ3n) is 6.07. The van der Waals surface area contributed by atoms with Crippen LogP contribution in [-0.4, -0.2) is 54.3 Å². The first-order valence-corrected chi connectivity index (χ1v) is 12.0. The van der Waals surface area contributed by atoms with Gasteiger partial charge < -0.3 is 14.8 Å². The zero-order chi connectivity index (χ0) is 23.5. The second kappa shape index (κ2) is 9.86. The number of ether oxygens (including phenoxy) is 2. The average molecular weight is 475 g/mol. The molecular formula is C23H26N2O7S. The number of nitrogens with zero attached hydrogens (tertiary/aromatic N) is 1. The first-order valence-electron chi connectivity index (χ1n) is 11.1. The van der Waals surface area contributed by atoms with Gasteiger partial charge in [-0.1, -0.05) is 12.2 Å². The van der Waals surface area contributed by atoms with E-state index >= 15 is 0 Å². The molecule has 0 aromatic carbocycles. The van der Waals surface area contributed by atoms with Crippen LogP contribution in [0.5, 0.6) is 0 Å². The molecule has 2 fully saturated rings. The minimum Gasteiger partial charge on any atom is -0.462 e. The molecule has 1 aliphatic heterocycles. The van der Waals surface area contributed by atoms with E-state index in [1.807, 2.05) is 17.5 Å². The highest BCUT2D eigenvalue weighted by Gasteiger charge is 2.47. The number of fused-ring (bicyclic) bond motifs is 1. The topological polar surface area (TPSA) is 119 Å². The number of rotatable bonds is 9. The number of carbonyl (C=O) groups is 5. The molecule has 10 heteroatoms. The molecule has 176 valence electrons. The van der Waals surface area contributed by atoms with Crippen molar-refractivity contribution in [2.45, 2.75) is 44.9 Å². The number of esters is 2. The highest BCUT2D eigenvalue weighted by Crippen LogP contribution is 2.46. The van der Waals surface area contributed by atoms with E-state index in [0.29, 0.717) is 29.3 Å². The Hall–Kier alpha value is -3.01. The Bertz CT molecular complexity index is 984. The molecule has 0 bridgehead atoms. The van der Waals surface area contributed by atoms with E-state index in [2.05, 4.69) is 5.32 Å². The Morgan fingerprint density at radius 2 is 1.76 bits per heavy atom. The number of thiophene rings is 1. The lowest BCUT2D eigenvalue weighted by molar-refractivity contribution is -0.148. The molecule has 3 aliphatic rings. The van der Waals surface area contributed by atoms with Crippen LogP contribution in [0.3, 0.4) is 0 Å². The standard InChI is InChI=1S/C23H26N2O7S/c1-2-31-23(30)19-16(13-7-8-13)12-33-20(19)24-17(26)11-32-18(27)9-10-25-21(28)14-5-3-4-6-15(14)22(25)29/h3-4,12-15H,2,5-11H2,1H3,(H,24,26)/t14-,15-/m1/s1. The Labute approximate surface area is 195 Å². The lowest BCUT2D eigenvalue weighted by atomic mass is 9.85. The van der Waals surface area contributed by atoms with Gasteiger partial charge in [-0.15, -0.1) is 11.3 Å². The molecule has 1 saturated carbocycles. The summed E-state index contributed by atoms with van der Waals surface area (Å²) in [6.07, 6.45) is 6.68. The normalized spacial score (nSPS) is 21.7. The summed E-state index contributed by atoms with van der Waals surface area (Å²) in [6, 6.07) is 0. The van der Waals surface area contributed by atoms with Crippen LogP contribution in [0.1, 0.15) is 60.9 Å². The first kappa shape index (κ1) is 23.2. The second-order valence-electron chi connectivity index (χ2n) is 8.33. The SMILES string of the molecule is CCOC(=O)c1c(C2CC2)csc1NC(=O)COC(=O)CCN1C(=O)[C@@H]2CC=CC[C@H]2C1=O. The number of likely N-dealkylation sites (tertiary alicyclic amines) is 1. The van der Waals surface area contributed by atoms with Crippen LogP contribution in [-0.2, 0) is 28.7 Å². The van der Waals surface area contributed by atoms with E-state index in [1.165, 1.54) is 11.3 Å². The minimum absolute atomic E-state index is 0.0617. The molecule has 0 radical (unpaired) electrons. The van der Waals surface area contributed by atoms with Crippen molar-refractivity contribution in [1.29, 1.82) is 0 Å². The number of carbonyl (C=O) groups excluding carboxylic acids is 5.